The van der Waals surface area contributed by atoms with E-state index in [0.717, 1.165) is 12.0 Å². The molecule has 1 amide bonds. The summed E-state index contributed by atoms with van der Waals surface area (Å²) in [6.07, 6.45) is 0.768. The van der Waals surface area contributed by atoms with Gasteiger partial charge in [-0.05, 0) is 31.0 Å². The van der Waals surface area contributed by atoms with Gasteiger partial charge in [0.15, 0.2) is 0 Å². The molecule has 5 nitrogen and oxygen atoms in total. The van der Waals surface area contributed by atoms with Crippen LogP contribution in [0, 0.1) is 6.92 Å². The van der Waals surface area contributed by atoms with Crippen LogP contribution in [-0.4, -0.2) is 56.4 Å². The fourth-order valence-electron chi connectivity index (χ4n) is 1.84. The Labute approximate surface area is 120 Å². The van der Waals surface area contributed by atoms with Gasteiger partial charge in [0.25, 0.3) is 5.91 Å². The standard InChI is InChI=1S/C15H23NO4/c1-12-5-6-13(11-14(12)17)15(18)16(8-10-20-3)7-4-9-19-2/h5-6,11,17H,4,7-10H2,1-3H3. The number of amides is 1. The summed E-state index contributed by atoms with van der Waals surface area (Å²) in [5, 5.41) is 9.71. The highest BCUT2D eigenvalue weighted by atomic mass is 16.5. The number of phenolic OH excluding ortho intramolecular Hbond substituents is 1. The first kappa shape index (κ1) is 16.5. The highest BCUT2D eigenvalue weighted by molar-refractivity contribution is 5.94. The minimum Gasteiger partial charge on any atom is -0.508 e. The van der Waals surface area contributed by atoms with E-state index >= 15 is 0 Å². The average Bonchev–Trinajstić information content (AvgIpc) is 2.45. The minimum atomic E-state index is -0.103. The third-order valence-electron chi connectivity index (χ3n) is 3.09. The monoisotopic (exact) mass is 281 g/mol. The molecule has 0 unspecified atom stereocenters. The first-order valence-corrected chi connectivity index (χ1v) is 6.67. The molecule has 1 N–H and O–H groups in total. The fraction of sp³-hybridized carbons (Fsp3) is 0.533. The van der Waals surface area contributed by atoms with Crippen LogP contribution in [-0.2, 0) is 9.47 Å². The van der Waals surface area contributed by atoms with Crippen LogP contribution >= 0.6 is 0 Å². The number of aromatic hydroxyl groups is 1. The summed E-state index contributed by atoms with van der Waals surface area (Å²) in [6.45, 7) is 4.01. The van der Waals surface area contributed by atoms with Crippen LogP contribution in [0.1, 0.15) is 22.3 Å². The summed E-state index contributed by atoms with van der Waals surface area (Å²) in [6, 6.07) is 4.98. The van der Waals surface area contributed by atoms with E-state index in [9.17, 15) is 9.90 Å². The summed E-state index contributed by atoms with van der Waals surface area (Å²) in [5.41, 5.74) is 1.24. The predicted molar refractivity (Wildman–Crippen MR) is 77.1 cm³/mol. The second kappa shape index (κ2) is 8.55. The summed E-state index contributed by atoms with van der Waals surface area (Å²) in [5.74, 6) is 0.0351. The number of hydrogen-bond acceptors (Lipinski definition) is 4. The lowest BCUT2D eigenvalue weighted by atomic mass is 10.1. The number of carbonyl (C=O) groups excluding carboxylic acids is 1. The van der Waals surface area contributed by atoms with Crippen molar-refractivity contribution in [3.05, 3.63) is 29.3 Å². The maximum atomic E-state index is 12.4. The first-order valence-electron chi connectivity index (χ1n) is 6.67. The van der Waals surface area contributed by atoms with Crippen molar-refractivity contribution in [3.63, 3.8) is 0 Å². The van der Waals surface area contributed by atoms with E-state index in [0.29, 0.717) is 31.9 Å². The molecule has 1 rings (SSSR count). The van der Waals surface area contributed by atoms with Crippen molar-refractivity contribution in [3.8, 4) is 5.75 Å². The van der Waals surface area contributed by atoms with E-state index in [1.807, 2.05) is 0 Å². The van der Waals surface area contributed by atoms with Crippen LogP contribution in [0.3, 0.4) is 0 Å². The van der Waals surface area contributed by atoms with Crippen LogP contribution in [0.4, 0.5) is 0 Å². The number of aryl methyl sites for hydroxylation is 1. The van der Waals surface area contributed by atoms with Gasteiger partial charge in [-0.25, -0.2) is 0 Å². The molecule has 0 radical (unpaired) electrons. The van der Waals surface area contributed by atoms with Crippen molar-refractivity contribution < 1.29 is 19.4 Å². The zero-order valence-electron chi connectivity index (χ0n) is 12.4. The number of hydrogen-bond donors (Lipinski definition) is 1. The lowest BCUT2D eigenvalue weighted by Crippen LogP contribution is -2.35. The van der Waals surface area contributed by atoms with E-state index < -0.39 is 0 Å². The molecule has 0 heterocycles. The number of methoxy groups -OCH3 is 2. The minimum absolute atomic E-state index is 0.103. The lowest BCUT2D eigenvalue weighted by Gasteiger charge is -2.22. The van der Waals surface area contributed by atoms with E-state index in [1.54, 1.807) is 38.2 Å². The molecule has 0 atom stereocenters. The van der Waals surface area contributed by atoms with Gasteiger partial charge in [-0.3, -0.25) is 4.79 Å². The van der Waals surface area contributed by atoms with Crippen molar-refractivity contribution in [1.82, 2.24) is 4.90 Å². The highest BCUT2D eigenvalue weighted by Crippen LogP contribution is 2.18. The van der Waals surface area contributed by atoms with E-state index in [4.69, 9.17) is 9.47 Å². The Morgan fingerprint density at radius 1 is 1.20 bits per heavy atom. The zero-order chi connectivity index (χ0) is 15.0. The Morgan fingerprint density at radius 3 is 2.50 bits per heavy atom. The highest BCUT2D eigenvalue weighted by Gasteiger charge is 2.16. The number of nitrogens with zero attached hydrogens (tertiary/aromatic N) is 1. The van der Waals surface area contributed by atoms with Gasteiger partial charge in [0.05, 0.1) is 6.61 Å². The number of carbonyl (C=O) groups is 1. The Morgan fingerprint density at radius 2 is 1.90 bits per heavy atom. The Balaban J connectivity index is 2.76. The second-order valence-electron chi connectivity index (χ2n) is 4.63. The van der Waals surface area contributed by atoms with Gasteiger partial charge < -0.3 is 19.5 Å². The molecule has 1 aromatic rings. The summed E-state index contributed by atoms with van der Waals surface area (Å²) < 4.78 is 10.0. The smallest absolute Gasteiger partial charge is 0.254 e. The Kier molecular flexibility index (Phi) is 7.04. The molecule has 0 spiro atoms. The molecule has 0 saturated heterocycles. The topological polar surface area (TPSA) is 59.0 Å². The predicted octanol–water partition coefficient (Wildman–Crippen LogP) is 1.83. The molecule has 112 valence electrons. The van der Waals surface area contributed by atoms with Crippen molar-refractivity contribution in [2.45, 2.75) is 13.3 Å². The largest absolute Gasteiger partial charge is 0.508 e. The number of ether oxygens (including phenoxy) is 2. The third kappa shape index (κ3) is 4.83. The first-order chi connectivity index (χ1) is 9.60. The van der Waals surface area contributed by atoms with Crippen LogP contribution in [0.25, 0.3) is 0 Å². The molecule has 0 aliphatic heterocycles. The van der Waals surface area contributed by atoms with Crippen molar-refractivity contribution in [2.75, 3.05) is 40.5 Å². The number of phenols is 1. The number of benzene rings is 1. The Hall–Kier alpha value is -1.59. The second-order valence-corrected chi connectivity index (χ2v) is 4.63. The maximum Gasteiger partial charge on any atom is 0.254 e. The van der Waals surface area contributed by atoms with Gasteiger partial charge in [-0.1, -0.05) is 6.07 Å². The van der Waals surface area contributed by atoms with Crippen LogP contribution in [0.5, 0.6) is 5.75 Å². The molecule has 0 saturated carbocycles. The molecule has 0 bridgehead atoms. The molecular weight excluding hydrogens is 258 g/mol. The Bertz CT molecular complexity index is 434. The molecule has 0 aliphatic rings. The molecule has 0 fully saturated rings. The third-order valence-corrected chi connectivity index (χ3v) is 3.09. The molecule has 0 aliphatic carbocycles. The van der Waals surface area contributed by atoms with Gasteiger partial charge in [-0.2, -0.15) is 0 Å². The van der Waals surface area contributed by atoms with Crippen LogP contribution in [0.2, 0.25) is 0 Å². The molecular formula is C15H23NO4. The summed E-state index contributed by atoms with van der Waals surface area (Å²) >= 11 is 0. The normalized spacial score (nSPS) is 10.6. The molecule has 5 heteroatoms. The zero-order valence-corrected chi connectivity index (χ0v) is 12.4. The van der Waals surface area contributed by atoms with E-state index in [1.165, 1.54) is 6.07 Å². The lowest BCUT2D eigenvalue weighted by molar-refractivity contribution is 0.0674. The van der Waals surface area contributed by atoms with Crippen molar-refractivity contribution in [2.24, 2.45) is 0 Å². The quantitative estimate of drug-likeness (QED) is 0.739. The number of rotatable bonds is 8. The van der Waals surface area contributed by atoms with Crippen molar-refractivity contribution >= 4 is 5.91 Å². The SMILES string of the molecule is COCCCN(CCOC)C(=O)c1ccc(C)c(O)c1. The molecule has 0 aromatic heterocycles. The van der Waals surface area contributed by atoms with E-state index in [2.05, 4.69) is 0 Å². The van der Waals surface area contributed by atoms with Gasteiger partial charge >= 0.3 is 0 Å². The van der Waals surface area contributed by atoms with E-state index in [-0.39, 0.29) is 11.7 Å². The van der Waals surface area contributed by atoms with Crippen LogP contribution < -0.4 is 0 Å². The molecule has 1 aromatic carbocycles. The fourth-order valence-corrected chi connectivity index (χ4v) is 1.84. The van der Waals surface area contributed by atoms with Gasteiger partial charge in [-0.15, -0.1) is 0 Å². The molecule has 20 heavy (non-hydrogen) atoms. The van der Waals surface area contributed by atoms with Gasteiger partial charge in [0, 0.05) is 39.5 Å². The van der Waals surface area contributed by atoms with Crippen LogP contribution in [0.15, 0.2) is 18.2 Å². The summed E-state index contributed by atoms with van der Waals surface area (Å²) in [7, 11) is 3.24. The average molecular weight is 281 g/mol. The summed E-state index contributed by atoms with van der Waals surface area (Å²) in [4.78, 5) is 14.1. The van der Waals surface area contributed by atoms with Crippen molar-refractivity contribution in [1.29, 1.82) is 0 Å². The van der Waals surface area contributed by atoms with Gasteiger partial charge in [0.2, 0.25) is 0 Å². The van der Waals surface area contributed by atoms with Gasteiger partial charge in [0.1, 0.15) is 5.75 Å². The maximum absolute atomic E-state index is 12.4.